The maximum Gasteiger partial charge on any atom is 0.232 e. The third-order valence-corrected chi connectivity index (χ3v) is 5.36. The highest BCUT2D eigenvalue weighted by atomic mass is 32.2. The molecule has 2 aromatic carbocycles. The van der Waals surface area contributed by atoms with E-state index in [0.29, 0.717) is 5.82 Å². The fraction of sp³-hybridized carbons (Fsp3) is 0.286. The largest absolute Gasteiger partial charge is 0.326 e. The molecule has 0 aliphatic carbocycles. The molecule has 1 amide bonds. The molecular formula is C21H24N4OS. The molecule has 0 saturated heterocycles. The van der Waals surface area contributed by atoms with E-state index < -0.39 is 0 Å². The molecule has 0 radical (unpaired) electrons. The standard InChI is InChI=1S/C21H24N4OS/c1-4-25-19(13-20(26)22-18-11-7-8-15(2)12-18)23-24-21(25)27-14-17-10-6-5-9-16(17)3/h5-12H,4,13-14H2,1-3H3,(H,22,26). The van der Waals surface area contributed by atoms with Crippen LogP contribution in [0.1, 0.15) is 29.4 Å². The number of amides is 1. The molecule has 0 bridgehead atoms. The van der Waals surface area contributed by atoms with Gasteiger partial charge in [-0.25, -0.2) is 0 Å². The van der Waals surface area contributed by atoms with Crippen molar-refractivity contribution in [2.75, 3.05) is 5.32 Å². The van der Waals surface area contributed by atoms with Crippen molar-refractivity contribution in [3.05, 3.63) is 71.0 Å². The van der Waals surface area contributed by atoms with Crippen LogP contribution in [-0.4, -0.2) is 20.7 Å². The molecule has 1 heterocycles. The maximum atomic E-state index is 12.4. The fourth-order valence-corrected chi connectivity index (χ4v) is 3.96. The highest BCUT2D eigenvalue weighted by Gasteiger charge is 2.15. The lowest BCUT2D eigenvalue weighted by Gasteiger charge is -2.09. The van der Waals surface area contributed by atoms with Crippen molar-refractivity contribution < 1.29 is 4.79 Å². The van der Waals surface area contributed by atoms with Crippen molar-refractivity contribution in [1.29, 1.82) is 0 Å². The minimum absolute atomic E-state index is 0.0850. The summed E-state index contributed by atoms with van der Waals surface area (Å²) in [5, 5.41) is 12.3. The van der Waals surface area contributed by atoms with Crippen LogP contribution in [0.15, 0.2) is 53.7 Å². The van der Waals surface area contributed by atoms with E-state index in [1.807, 2.05) is 48.7 Å². The lowest BCUT2D eigenvalue weighted by molar-refractivity contribution is -0.115. The van der Waals surface area contributed by atoms with Crippen molar-refractivity contribution in [3.8, 4) is 0 Å². The molecule has 0 aliphatic heterocycles. The Labute approximate surface area is 164 Å². The second kappa shape index (κ2) is 8.86. The lowest BCUT2D eigenvalue weighted by atomic mass is 10.1. The van der Waals surface area contributed by atoms with Crippen LogP contribution in [0.2, 0.25) is 0 Å². The second-order valence-electron chi connectivity index (χ2n) is 6.45. The monoisotopic (exact) mass is 380 g/mol. The summed E-state index contributed by atoms with van der Waals surface area (Å²) in [6, 6.07) is 16.1. The van der Waals surface area contributed by atoms with Crippen LogP contribution in [-0.2, 0) is 23.5 Å². The Bertz CT molecular complexity index is 935. The minimum Gasteiger partial charge on any atom is -0.326 e. The van der Waals surface area contributed by atoms with Crippen molar-refractivity contribution in [2.24, 2.45) is 0 Å². The average molecular weight is 381 g/mol. The van der Waals surface area contributed by atoms with Crippen LogP contribution < -0.4 is 5.32 Å². The van der Waals surface area contributed by atoms with E-state index in [1.165, 1.54) is 11.1 Å². The number of anilines is 1. The molecule has 27 heavy (non-hydrogen) atoms. The molecular weight excluding hydrogens is 356 g/mol. The normalized spacial score (nSPS) is 10.8. The minimum atomic E-state index is -0.0850. The fourth-order valence-electron chi connectivity index (χ4n) is 2.86. The topological polar surface area (TPSA) is 59.8 Å². The van der Waals surface area contributed by atoms with Gasteiger partial charge in [-0.15, -0.1) is 10.2 Å². The number of rotatable bonds is 7. The van der Waals surface area contributed by atoms with Gasteiger partial charge in [0.05, 0.1) is 6.42 Å². The van der Waals surface area contributed by atoms with Gasteiger partial charge in [0.1, 0.15) is 5.82 Å². The van der Waals surface area contributed by atoms with Crippen LogP contribution in [0.25, 0.3) is 0 Å². The number of aryl methyl sites for hydroxylation is 2. The molecule has 1 aromatic heterocycles. The Kier molecular flexibility index (Phi) is 6.29. The maximum absolute atomic E-state index is 12.4. The molecule has 1 N–H and O–H groups in total. The summed E-state index contributed by atoms with van der Waals surface area (Å²) < 4.78 is 2.01. The quantitative estimate of drug-likeness (QED) is 0.618. The number of hydrogen-bond acceptors (Lipinski definition) is 4. The number of nitrogens with zero attached hydrogens (tertiary/aromatic N) is 3. The van der Waals surface area contributed by atoms with Gasteiger partial charge < -0.3 is 9.88 Å². The van der Waals surface area contributed by atoms with E-state index in [1.54, 1.807) is 11.8 Å². The van der Waals surface area contributed by atoms with Crippen molar-refractivity contribution in [1.82, 2.24) is 14.8 Å². The van der Waals surface area contributed by atoms with Crippen LogP contribution in [0.5, 0.6) is 0 Å². The average Bonchev–Trinajstić information content (AvgIpc) is 3.02. The van der Waals surface area contributed by atoms with Gasteiger partial charge in [-0.2, -0.15) is 0 Å². The van der Waals surface area contributed by atoms with Crippen LogP contribution in [0.4, 0.5) is 5.69 Å². The number of thioether (sulfide) groups is 1. The first-order chi connectivity index (χ1) is 13.1. The molecule has 0 aliphatic rings. The second-order valence-corrected chi connectivity index (χ2v) is 7.40. The molecule has 6 heteroatoms. The number of benzene rings is 2. The number of aromatic nitrogens is 3. The first kappa shape index (κ1) is 19.2. The summed E-state index contributed by atoms with van der Waals surface area (Å²) in [6.45, 7) is 6.89. The van der Waals surface area contributed by atoms with Gasteiger partial charge in [0, 0.05) is 18.0 Å². The third kappa shape index (κ3) is 4.98. The predicted octanol–water partition coefficient (Wildman–Crippen LogP) is 4.39. The molecule has 3 aromatic rings. The van der Waals surface area contributed by atoms with Crippen LogP contribution in [0.3, 0.4) is 0 Å². The SMILES string of the molecule is CCn1c(CC(=O)Nc2cccc(C)c2)nnc1SCc1ccccc1C. The van der Waals surface area contributed by atoms with E-state index in [9.17, 15) is 4.79 Å². The van der Waals surface area contributed by atoms with Gasteiger partial charge in [-0.3, -0.25) is 4.79 Å². The summed E-state index contributed by atoms with van der Waals surface area (Å²) in [7, 11) is 0. The number of hydrogen-bond donors (Lipinski definition) is 1. The van der Waals surface area contributed by atoms with Gasteiger partial charge in [0.2, 0.25) is 5.91 Å². The van der Waals surface area contributed by atoms with Crippen LogP contribution >= 0.6 is 11.8 Å². The summed E-state index contributed by atoms with van der Waals surface area (Å²) in [5.41, 5.74) is 4.47. The molecule has 0 unspecified atom stereocenters. The summed E-state index contributed by atoms with van der Waals surface area (Å²) in [4.78, 5) is 12.4. The molecule has 3 rings (SSSR count). The molecule has 0 spiro atoms. The van der Waals surface area contributed by atoms with Gasteiger partial charge in [0.25, 0.3) is 0 Å². The van der Waals surface area contributed by atoms with Gasteiger partial charge in [-0.1, -0.05) is 48.2 Å². The Morgan fingerprint density at radius 2 is 1.93 bits per heavy atom. The van der Waals surface area contributed by atoms with Gasteiger partial charge >= 0.3 is 0 Å². The van der Waals surface area contributed by atoms with E-state index >= 15 is 0 Å². The Balaban J connectivity index is 1.66. The van der Waals surface area contributed by atoms with E-state index in [4.69, 9.17) is 0 Å². The van der Waals surface area contributed by atoms with Gasteiger partial charge in [-0.05, 0) is 49.6 Å². The zero-order chi connectivity index (χ0) is 19.2. The zero-order valence-electron chi connectivity index (χ0n) is 15.9. The zero-order valence-corrected chi connectivity index (χ0v) is 16.7. The van der Waals surface area contributed by atoms with Gasteiger partial charge in [0.15, 0.2) is 5.16 Å². The first-order valence-corrected chi connectivity index (χ1v) is 10.0. The highest BCUT2D eigenvalue weighted by molar-refractivity contribution is 7.98. The Hall–Kier alpha value is -2.60. The van der Waals surface area contributed by atoms with E-state index in [2.05, 4.69) is 40.6 Å². The number of carbonyl (C=O) groups is 1. The Morgan fingerprint density at radius 3 is 2.67 bits per heavy atom. The van der Waals surface area contributed by atoms with Crippen molar-refractivity contribution in [2.45, 2.75) is 44.6 Å². The first-order valence-electron chi connectivity index (χ1n) is 9.02. The van der Waals surface area contributed by atoms with Crippen molar-refractivity contribution in [3.63, 3.8) is 0 Å². The van der Waals surface area contributed by atoms with Crippen molar-refractivity contribution >= 4 is 23.4 Å². The molecule has 0 saturated carbocycles. The third-order valence-electron chi connectivity index (χ3n) is 4.35. The molecule has 140 valence electrons. The Morgan fingerprint density at radius 1 is 1.11 bits per heavy atom. The highest BCUT2D eigenvalue weighted by Crippen LogP contribution is 2.24. The van der Waals surface area contributed by atoms with E-state index in [0.717, 1.165) is 28.7 Å². The summed E-state index contributed by atoms with van der Waals surface area (Å²) >= 11 is 1.65. The summed E-state index contributed by atoms with van der Waals surface area (Å²) in [5.74, 6) is 1.44. The number of carbonyl (C=O) groups excluding carboxylic acids is 1. The molecule has 0 fully saturated rings. The lowest BCUT2D eigenvalue weighted by Crippen LogP contribution is -2.17. The molecule has 5 nitrogen and oxygen atoms in total. The van der Waals surface area contributed by atoms with Crippen LogP contribution in [0, 0.1) is 13.8 Å². The smallest absolute Gasteiger partial charge is 0.232 e. The summed E-state index contributed by atoms with van der Waals surface area (Å²) in [6.07, 6.45) is 0.208. The van der Waals surface area contributed by atoms with E-state index in [-0.39, 0.29) is 12.3 Å². The molecule has 0 atom stereocenters. The number of nitrogens with one attached hydrogen (secondary N) is 1. The predicted molar refractivity (Wildman–Crippen MR) is 110 cm³/mol.